The first-order valence-electron chi connectivity index (χ1n) is 9.42. The first-order chi connectivity index (χ1) is 14.0. The van der Waals surface area contributed by atoms with Gasteiger partial charge in [-0.2, -0.15) is 13.2 Å². The highest BCUT2D eigenvalue weighted by molar-refractivity contribution is 7.98. The van der Waals surface area contributed by atoms with E-state index >= 15 is 0 Å². The molecule has 0 N–H and O–H groups in total. The van der Waals surface area contributed by atoms with E-state index in [9.17, 15) is 13.2 Å². The molecule has 1 atom stereocenters. The Balaban J connectivity index is 1.56. The molecule has 0 spiro atoms. The number of rotatable bonds is 7. The predicted molar refractivity (Wildman–Crippen MR) is 104 cm³/mol. The minimum atomic E-state index is -4.28. The van der Waals surface area contributed by atoms with Gasteiger partial charge in [0, 0.05) is 19.0 Å². The van der Waals surface area contributed by atoms with E-state index in [4.69, 9.17) is 4.74 Å². The van der Waals surface area contributed by atoms with Crippen LogP contribution in [0.1, 0.15) is 18.7 Å². The van der Waals surface area contributed by atoms with Crippen molar-refractivity contribution in [2.24, 2.45) is 0 Å². The van der Waals surface area contributed by atoms with Crippen molar-refractivity contribution in [1.82, 2.24) is 19.1 Å². The molecule has 0 radical (unpaired) electrons. The van der Waals surface area contributed by atoms with Gasteiger partial charge in [0.15, 0.2) is 5.16 Å². The van der Waals surface area contributed by atoms with E-state index < -0.39 is 12.7 Å². The van der Waals surface area contributed by atoms with Crippen LogP contribution in [-0.4, -0.2) is 38.0 Å². The molecule has 3 heterocycles. The molecule has 1 aliphatic rings. The quantitative estimate of drug-likeness (QED) is 0.514. The number of hydrogen-bond acceptors (Lipinski definition) is 4. The summed E-state index contributed by atoms with van der Waals surface area (Å²) in [5.74, 6) is 0.681. The van der Waals surface area contributed by atoms with Crippen molar-refractivity contribution in [3.63, 3.8) is 0 Å². The van der Waals surface area contributed by atoms with Gasteiger partial charge < -0.3 is 13.9 Å². The summed E-state index contributed by atoms with van der Waals surface area (Å²) in [6.45, 7) is 0.392. The number of thioether (sulfide) groups is 1. The zero-order valence-corrected chi connectivity index (χ0v) is 16.5. The van der Waals surface area contributed by atoms with Crippen molar-refractivity contribution >= 4 is 11.8 Å². The number of halogens is 3. The monoisotopic (exact) mass is 422 g/mol. The van der Waals surface area contributed by atoms with E-state index in [1.54, 1.807) is 0 Å². The van der Waals surface area contributed by atoms with Crippen LogP contribution in [0.3, 0.4) is 0 Å². The van der Waals surface area contributed by atoms with Gasteiger partial charge in [-0.1, -0.05) is 42.1 Å². The number of alkyl halides is 3. The summed E-state index contributed by atoms with van der Waals surface area (Å²) >= 11 is 1.39. The Morgan fingerprint density at radius 2 is 2.00 bits per heavy atom. The lowest BCUT2D eigenvalue weighted by Crippen LogP contribution is -2.19. The van der Waals surface area contributed by atoms with Gasteiger partial charge in [-0.15, -0.1) is 0 Å². The lowest BCUT2D eigenvalue weighted by Gasteiger charge is -2.16. The zero-order chi connectivity index (χ0) is 20.3. The van der Waals surface area contributed by atoms with Crippen molar-refractivity contribution < 1.29 is 17.9 Å². The summed E-state index contributed by atoms with van der Waals surface area (Å²) in [5.41, 5.74) is 2.02. The standard InChI is InChI=1S/C20H21F3N4OS/c21-20(22,23)14-26-9-8-24-18(26)13-29-19-25-11-17(15-5-2-1-3-6-15)27(19)12-16-7-4-10-28-16/h1-3,5-6,8-9,11,16H,4,7,10,12-14H2. The first-order valence-corrected chi connectivity index (χ1v) is 10.4. The summed E-state index contributed by atoms with van der Waals surface area (Å²) in [4.78, 5) is 8.64. The molecule has 154 valence electrons. The van der Waals surface area contributed by atoms with Gasteiger partial charge in [0.25, 0.3) is 0 Å². The summed E-state index contributed by atoms with van der Waals surface area (Å²) in [6.07, 6.45) is 2.45. The molecule has 1 aliphatic heterocycles. The zero-order valence-electron chi connectivity index (χ0n) is 15.7. The number of imidazole rings is 2. The second-order valence-corrected chi connectivity index (χ2v) is 7.86. The molecule has 0 aliphatic carbocycles. The largest absolute Gasteiger partial charge is 0.406 e. The fourth-order valence-electron chi connectivity index (χ4n) is 3.43. The van der Waals surface area contributed by atoms with E-state index in [2.05, 4.69) is 14.5 Å². The Labute approximate surface area is 170 Å². The molecule has 1 aromatic carbocycles. The minimum absolute atomic E-state index is 0.123. The topological polar surface area (TPSA) is 44.9 Å². The summed E-state index contributed by atoms with van der Waals surface area (Å²) in [5, 5.41) is 0.751. The third kappa shape index (κ3) is 5.02. The Bertz CT molecular complexity index is 933. The molecule has 29 heavy (non-hydrogen) atoms. The van der Waals surface area contributed by atoms with Crippen molar-refractivity contribution in [2.75, 3.05) is 6.61 Å². The van der Waals surface area contributed by atoms with Gasteiger partial charge in [-0.05, 0) is 18.4 Å². The average Bonchev–Trinajstić information content (AvgIpc) is 3.42. The predicted octanol–water partition coefficient (Wildman–Crippen LogP) is 4.78. The van der Waals surface area contributed by atoms with Gasteiger partial charge in [0.1, 0.15) is 12.4 Å². The fourth-order valence-corrected chi connectivity index (χ4v) is 4.38. The molecule has 1 fully saturated rings. The summed E-state index contributed by atoms with van der Waals surface area (Å²) in [6, 6.07) is 9.94. The second kappa shape index (κ2) is 8.62. The van der Waals surface area contributed by atoms with Crippen molar-refractivity contribution in [3.8, 4) is 11.3 Å². The molecule has 1 saturated heterocycles. The van der Waals surface area contributed by atoms with Crippen LogP contribution in [0.15, 0.2) is 54.1 Å². The molecule has 0 saturated carbocycles. The maximum Gasteiger partial charge on any atom is 0.406 e. The van der Waals surface area contributed by atoms with Crippen LogP contribution in [0.25, 0.3) is 11.3 Å². The number of ether oxygens (including phenoxy) is 1. The van der Waals surface area contributed by atoms with E-state index in [1.807, 2.05) is 36.5 Å². The molecule has 9 heteroatoms. The smallest absolute Gasteiger partial charge is 0.376 e. The molecular weight excluding hydrogens is 401 g/mol. The number of hydrogen-bond donors (Lipinski definition) is 0. The Morgan fingerprint density at radius 3 is 2.72 bits per heavy atom. The van der Waals surface area contributed by atoms with E-state index in [0.29, 0.717) is 18.1 Å². The third-order valence-corrected chi connectivity index (χ3v) is 5.77. The Kier molecular flexibility index (Phi) is 5.96. The molecule has 2 aromatic heterocycles. The van der Waals surface area contributed by atoms with E-state index in [1.165, 1.54) is 24.2 Å². The highest BCUT2D eigenvalue weighted by atomic mass is 32.2. The highest BCUT2D eigenvalue weighted by Gasteiger charge is 2.29. The lowest BCUT2D eigenvalue weighted by atomic mass is 10.1. The van der Waals surface area contributed by atoms with Gasteiger partial charge in [-0.25, -0.2) is 9.97 Å². The minimum Gasteiger partial charge on any atom is -0.376 e. The van der Waals surface area contributed by atoms with Crippen molar-refractivity contribution in [3.05, 3.63) is 54.7 Å². The van der Waals surface area contributed by atoms with Gasteiger partial charge in [-0.3, -0.25) is 0 Å². The van der Waals surface area contributed by atoms with Crippen LogP contribution >= 0.6 is 11.8 Å². The molecule has 1 unspecified atom stereocenters. The van der Waals surface area contributed by atoms with Crippen LogP contribution in [0.4, 0.5) is 13.2 Å². The molecule has 0 amide bonds. The Morgan fingerprint density at radius 1 is 1.17 bits per heavy atom. The van der Waals surface area contributed by atoms with Gasteiger partial charge >= 0.3 is 6.18 Å². The fraction of sp³-hybridized carbons (Fsp3) is 0.400. The van der Waals surface area contributed by atoms with Crippen LogP contribution in [0.2, 0.25) is 0 Å². The molecule has 0 bridgehead atoms. The number of aromatic nitrogens is 4. The molecule has 5 nitrogen and oxygen atoms in total. The van der Waals surface area contributed by atoms with E-state index in [-0.39, 0.29) is 6.10 Å². The van der Waals surface area contributed by atoms with Crippen LogP contribution in [0, 0.1) is 0 Å². The Hall–Kier alpha value is -2.26. The SMILES string of the molecule is FC(F)(F)Cn1ccnc1CSc1ncc(-c2ccccc2)n1CC1CCCO1. The number of benzene rings is 1. The third-order valence-electron chi connectivity index (χ3n) is 4.78. The summed E-state index contributed by atoms with van der Waals surface area (Å²) < 4.78 is 47.3. The van der Waals surface area contributed by atoms with Gasteiger partial charge in [0.2, 0.25) is 0 Å². The average molecular weight is 422 g/mol. The maximum atomic E-state index is 12.8. The molecule has 3 aromatic rings. The number of nitrogens with zero attached hydrogens (tertiary/aromatic N) is 4. The van der Waals surface area contributed by atoms with Crippen molar-refractivity contribution in [1.29, 1.82) is 0 Å². The molecule has 4 rings (SSSR count). The first kappa shape index (κ1) is 20.0. The molecular formula is C20H21F3N4OS. The summed E-state index contributed by atoms with van der Waals surface area (Å²) in [7, 11) is 0. The van der Waals surface area contributed by atoms with E-state index in [0.717, 1.165) is 40.4 Å². The van der Waals surface area contributed by atoms with Crippen LogP contribution < -0.4 is 0 Å². The van der Waals surface area contributed by atoms with Gasteiger partial charge in [0.05, 0.1) is 30.3 Å². The maximum absolute atomic E-state index is 12.8. The van der Waals surface area contributed by atoms with Crippen LogP contribution in [-0.2, 0) is 23.6 Å². The second-order valence-electron chi connectivity index (χ2n) is 6.91. The van der Waals surface area contributed by atoms with Crippen LogP contribution in [0.5, 0.6) is 0 Å². The normalized spacial score (nSPS) is 17.1. The highest BCUT2D eigenvalue weighted by Crippen LogP contribution is 2.30. The lowest BCUT2D eigenvalue weighted by molar-refractivity contribution is -0.140. The van der Waals surface area contributed by atoms with Crippen molar-refractivity contribution in [2.45, 2.75) is 49.1 Å².